The minimum atomic E-state index is 0.145. The molecule has 0 unspecified atom stereocenters. The largest absolute Gasteiger partial charge is 0.345 e. The molecule has 18 heavy (non-hydrogen) atoms. The van der Waals surface area contributed by atoms with Crippen LogP contribution in [0.1, 0.15) is 23.3 Å². The zero-order valence-corrected chi connectivity index (χ0v) is 12.5. The van der Waals surface area contributed by atoms with Crippen molar-refractivity contribution in [1.29, 1.82) is 0 Å². The summed E-state index contributed by atoms with van der Waals surface area (Å²) in [5.41, 5.74) is 0.758. The number of aryl methyl sites for hydroxylation is 1. The molecule has 0 bridgehead atoms. The molecular weight excluding hydrogens is 294 g/mol. The maximum absolute atomic E-state index is 12.4. The van der Waals surface area contributed by atoms with Crippen LogP contribution in [-0.4, -0.2) is 42.1 Å². The quantitative estimate of drug-likeness (QED) is 0.925. The first-order chi connectivity index (χ1) is 8.61. The van der Waals surface area contributed by atoms with Crippen LogP contribution >= 0.6 is 15.9 Å². The minimum Gasteiger partial charge on any atom is -0.345 e. The summed E-state index contributed by atoms with van der Waals surface area (Å²) in [7, 11) is 3.89. The van der Waals surface area contributed by atoms with Crippen molar-refractivity contribution in [3.05, 3.63) is 22.4 Å². The molecule has 0 spiro atoms. The van der Waals surface area contributed by atoms with Gasteiger partial charge in [-0.15, -0.1) is 0 Å². The second-order valence-electron chi connectivity index (χ2n) is 4.95. The summed E-state index contributed by atoms with van der Waals surface area (Å²) in [5, 5.41) is 3.21. The summed E-state index contributed by atoms with van der Waals surface area (Å²) in [5.74, 6) is 0.852. The summed E-state index contributed by atoms with van der Waals surface area (Å²) in [6.45, 7) is 2.79. The van der Waals surface area contributed by atoms with Gasteiger partial charge in [-0.1, -0.05) is 0 Å². The van der Waals surface area contributed by atoms with Gasteiger partial charge in [0.2, 0.25) is 0 Å². The Kier molecular flexibility index (Phi) is 4.45. The molecule has 0 saturated carbocycles. The van der Waals surface area contributed by atoms with E-state index in [4.69, 9.17) is 0 Å². The molecule has 5 heteroatoms. The predicted octanol–water partition coefficient (Wildman–Crippen LogP) is 1.86. The first-order valence-electron chi connectivity index (χ1n) is 6.37. The lowest BCUT2D eigenvalue weighted by Gasteiger charge is -2.32. The van der Waals surface area contributed by atoms with E-state index in [1.807, 2.05) is 35.8 Å². The molecule has 4 nitrogen and oxygen atoms in total. The SMILES string of the molecule is CNCC1CCN(C(=O)c2cc(Br)cn2C)CC1. The highest BCUT2D eigenvalue weighted by Crippen LogP contribution is 2.20. The number of carbonyl (C=O) groups excluding carboxylic acids is 1. The third-order valence-electron chi connectivity index (χ3n) is 3.59. The molecule has 2 rings (SSSR count). The van der Waals surface area contributed by atoms with Crippen LogP contribution in [-0.2, 0) is 7.05 Å². The highest BCUT2D eigenvalue weighted by atomic mass is 79.9. The number of halogens is 1. The molecule has 1 N–H and O–H groups in total. The number of rotatable bonds is 3. The van der Waals surface area contributed by atoms with Crippen LogP contribution < -0.4 is 5.32 Å². The molecule has 1 amide bonds. The number of amides is 1. The van der Waals surface area contributed by atoms with Crippen molar-refractivity contribution in [3.63, 3.8) is 0 Å². The minimum absolute atomic E-state index is 0.145. The lowest BCUT2D eigenvalue weighted by atomic mass is 9.96. The number of likely N-dealkylation sites (tertiary alicyclic amines) is 1. The van der Waals surface area contributed by atoms with Gasteiger partial charge >= 0.3 is 0 Å². The van der Waals surface area contributed by atoms with Gasteiger partial charge in [-0.25, -0.2) is 0 Å². The Balaban J connectivity index is 1.97. The van der Waals surface area contributed by atoms with Crippen molar-refractivity contribution >= 4 is 21.8 Å². The number of hydrogen-bond donors (Lipinski definition) is 1. The molecule has 0 radical (unpaired) electrons. The molecule has 0 aliphatic carbocycles. The average Bonchev–Trinajstić information content (AvgIpc) is 2.69. The number of piperidine rings is 1. The zero-order chi connectivity index (χ0) is 13.1. The maximum atomic E-state index is 12.4. The summed E-state index contributed by atoms with van der Waals surface area (Å²) >= 11 is 3.41. The second kappa shape index (κ2) is 5.89. The van der Waals surface area contributed by atoms with E-state index in [1.54, 1.807) is 0 Å². The van der Waals surface area contributed by atoms with Gasteiger partial charge in [0.25, 0.3) is 5.91 Å². The van der Waals surface area contributed by atoms with Gasteiger partial charge in [0.15, 0.2) is 0 Å². The third kappa shape index (κ3) is 2.95. The predicted molar refractivity (Wildman–Crippen MR) is 75.7 cm³/mol. The molecule has 1 aliphatic rings. The fourth-order valence-corrected chi connectivity index (χ4v) is 3.05. The first-order valence-corrected chi connectivity index (χ1v) is 7.17. The van der Waals surface area contributed by atoms with E-state index in [0.717, 1.165) is 42.6 Å². The lowest BCUT2D eigenvalue weighted by Crippen LogP contribution is -2.41. The van der Waals surface area contributed by atoms with Crippen LogP contribution in [0.15, 0.2) is 16.7 Å². The van der Waals surface area contributed by atoms with Gasteiger partial charge in [0.1, 0.15) is 5.69 Å². The van der Waals surface area contributed by atoms with Gasteiger partial charge in [-0.2, -0.15) is 0 Å². The molecule has 1 fully saturated rings. The van der Waals surface area contributed by atoms with Crippen molar-refractivity contribution in [1.82, 2.24) is 14.8 Å². The fraction of sp³-hybridized carbons (Fsp3) is 0.615. The number of nitrogens with zero attached hydrogens (tertiary/aromatic N) is 2. The van der Waals surface area contributed by atoms with E-state index in [1.165, 1.54) is 0 Å². The third-order valence-corrected chi connectivity index (χ3v) is 4.02. The number of hydrogen-bond acceptors (Lipinski definition) is 2. The zero-order valence-electron chi connectivity index (χ0n) is 10.9. The van der Waals surface area contributed by atoms with Crippen molar-refractivity contribution in [2.24, 2.45) is 13.0 Å². The Labute approximate surface area is 116 Å². The number of aromatic nitrogens is 1. The van der Waals surface area contributed by atoms with E-state index in [2.05, 4.69) is 21.2 Å². The molecule has 100 valence electrons. The molecular formula is C13H20BrN3O. The Hall–Kier alpha value is -0.810. The van der Waals surface area contributed by atoms with Gasteiger partial charge in [0.05, 0.1) is 0 Å². The average molecular weight is 314 g/mol. The lowest BCUT2D eigenvalue weighted by molar-refractivity contribution is 0.0681. The van der Waals surface area contributed by atoms with Crippen LogP contribution in [0, 0.1) is 5.92 Å². The monoisotopic (exact) mass is 313 g/mol. The molecule has 1 saturated heterocycles. The van der Waals surface area contributed by atoms with Gasteiger partial charge in [-0.3, -0.25) is 4.79 Å². The Morgan fingerprint density at radius 3 is 2.67 bits per heavy atom. The van der Waals surface area contributed by atoms with E-state index in [9.17, 15) is 4.79 Å². The molecule has 1 aromatic heterocycles. The topological polar surface area (TPSA) is 37.3 Å². The normalized spacial score (nSPS) is 17.2. The molecule has 0 atom stereocenters. The maximum Gasteiger partial charge on any atom is 0.270 e. The summed E-state index contributed by atoms with van der Waals surface area (Å²) in [6.07, 6.45) is 4.11. The summed E-state index contributed by atoms with van der Waals surface area (Å²) in [4.78, 5) is 14.3. The Morgan fingerprint density at radius 2 is 2.17 bits per heavy atom. The van der Waals surface area contributed by atoms with E-state index in [-0.39, 0.29) is 5.91 Å². The van der Waals surface area contributed by atoms with Crippen LogP contribution in [0.4, 0.5) is 0 Å². The highest BCUT2D eigenvalue weighted by Gasteiger charge is 2.24. The van der Waals surface area contributed by atoms with Crippen molar-refractivity contribution in [2.75, 3.05) is 26.7 Å². The van der Waals surface area contributed by atoms with Gasteiger partial charge < -0.3 is 14.8 Å². The molecule has 0 aromatic carbocycles. The molecule has 1 aromatic rings. The van der Waals surface area contributed by atoms with Crippen LogP contribution in [0.25, 0.3) is 0 Å². The van der Waals surface area contributed by atoms with E-state index >= 15 is 0 Å². The molecule has 1 aliphatic heterocycles. The number of nitrogens with one attached hydrogen (secondary N) is 1. The Morgan fingerprint density at radius 1 is 1.50 bits per heavy atom. The van der Waals surface area contributed by atoms with Crippen LogP contribution in [0.5, 0.6) is 0 Å². The summed E-state index contributed by atoms with van der Waals surface area (Å²) < 4.78 is 2.84. The van der Waals surface area contributed by atoms with Crippen molar-refractivity contribution < 1.29 is 4.79 Å². The highest BCUT2D eigenvalue weighted by molar-refractivity contribution is 9.10. The fourth-order valence-electron chi connectivity index (χ4n) is 2.53. The summed E-state index contributed by atoms with van der Waals surface area (Å²) in [6, 6.07) is 1.89. The Bertz CT molecular complexity index is 422. The smallest absolute Gasteiger partial charge is 0.270 e. The molecule has 2 heterocycles. The first kappa shape index (κ1) is 13.6. The number of carbonyl (C=O) groups is 1. The van der Waals surface area contributed by atoms with Crippen molar-refractivity contribution in [2.45, 2.75) is 12.8 Å². The van der Waals surface area contributed by atoms with E-state index < -0.39 is 0 Å². The van der Waals surface area contributed by atoms with Crippen LogP contribution in [0.2, 0.25) is 0 Å². The van der Waals surface area contributed by atoms with Gasteiger partial charge in [-0.05, 0) is 54.3 Å². The standard InChI is InChI=1S/C13H20BrN3O/c1-15-8-10-3-5-17(6-4-10)13(18)12-7-11(14)9-16(12)2/h7,9-10,15H,3-6,8H2,1-2H3. The van der Waals surface area contributed by atoms with Crippen LogP contribution in [0.3, 0.4) is 0 Å². The van der Waals surface area contributed by atoms with Gasteiger partial charge in [0, 0.05) is 30.8 Å². The van der Waals surface area contributed by atoms with Crippen molar-refractivity contribution in [3.8, 4) is 0 Å². The second-order valence-corrected chi connectivity index (χ2v) is 5.86. The van der Waals surface area contributed by atoms with E-state index in [0.29, 0.717) is 5.92 Å².